The second-order valence-electron chi connectivity index (χ2n) is 5.42. The van der Waals surface area contributed by atoms with Crippen molar-refractivity contribution in [3.05, 3.63) is 29.3 Å². The van der Waals surface area contributed by atoms with Crippen molar-refractivity contribution in [3.63, 3.8) is 0 Å². The average molecular weight is 233 g/mol. The molecular weight excluding hydrogens is 214 g/mol. The van der Waals surface area contributed by atoms with Crippen LogP contribution in [0.25, 0.3) is 0 Å². The summed E-state index contributed by atoms with van der Waals surface area (Å²) in [5, 5.41) is 10.8. The van der Waals surface area contributed by atoms with Crippen molar-refractivity contribution in [2.75, 3.05) is 20.2 Å². The fourth-order valence-corrected chi connectivity index (χ4v) is 2.96. The SMILES string of the molecule is CC1CC(O)(c2ccc3c(c2)CCO3)CN1C. The van der Waals surface area contributed by atoms with Gasteiger partial charge >= 0.3 is 0 Å². The van der Waals surface area contributed by atoms with Crippen LogP contribution in [0, 0.1) is 0 Å². The van der Waals surface area contributed by atoms with Gasteiger partial charge in [0.1, 0.15) is 11.4 Å². The number of likely N-dealkylation sites (N-methyl/N-ethyl adjacent to an activating group) is 1. The Kier molecular flexibility index (Phi) is 2.42. The third kappa shape index (κ3) is 1.74. The van der Waals surface area contributed by atoms with Crippen molar-refractivity contribution < 1.29 is 9.84 Å². The summed E-state index contributed by atoms with van der Waals surface area (Å²) in [5.41, 5.74) is 1.59. The summed E-state index contributed by atoms with van der Waals surface area (Å²) in [6, 6.07) is 6.56. The number of rotatable bonds is 1. The summed E-state index contributed by atoms with van der Waals surface area (Å²) in [7, 11) is 2.07. The lowest BCUT2D eigenvalue weighted by atomic mass is 9.90. The maximum absolute atomic E-state index is 10.8. The van der Waals surface area contributed by atoms with Crippen LogP contribution in [0.4, 0.5) is 0 Å². The molecule has 0 aromatic heterocycles. The van der Waals surface area contributed by atoms with E-state index >= 15 is 0 Å². The first-order valence-electron chi connectivity index (χ1n) is 6.27. The van der Waals surface area contributed by atoms with Crippen molar-refractivity contribution in [1.82, 2.24) is 4.90 Å². The second-order valence-corrected chi connectivity index (χ2v) is 5.42. The Bertz CT molecular complexity index is 434. The van der Waals surface area contributed by atoms with Gasteiger partial charge in [-0.3, -0.25) is 0 Å². The monoisotopic (exact) mass is 233 g/mol. The van der Waals surface area contributed by atoms with Gasteiger partial charge in [0.05, 0.1) is 6.61 Å². The number of aliphatic hydroxyl groups is 1. The Morgan fingerprint density at radius 2 is 2.29 bits per heavy atom. The molecule has 92 valence electrons. The molecule has 3 nitrogen and oxygen atoms in total. The van der Waals surface area contributed by atoms with Gasteiger partial charge in [0, 0.05) is 19.0 Å². The lowest BCUT2D eigenvalue weighted by molar-refractivity contribution is 0.0485. The molecule has 0 radical (unpaired) electrons. The van der Waals surface area contributed by atoms with Crippen molar-refractivity contribution in [2.45, 2.75) is 31.4 Å². The van der Waals surface area contributed by atoms with Gasteiger partial charge in [0.2, 0.25) is 0 Å². The zero-order valence-corrected chi connectivity index (χ0v) is 10.4. The van der Waals surface area contributed by atoms with Crippen molar-refractivity contribution in [1.29, 1.82) is 0 Å². The Morgan fingerprint density at radius 3 is 3.00 bits per heavy atom. The maximum atomic E-state index is 10.8. The van der Waals surface area contributed by atoms with Gasteiger partial charge in [0.15, 0.2) is 0 Å². The topological polar surface area (TPSA) is 32.7 Å². The first-order chi connectivity index (χ1) is 8.08. The zero-order valence-electron chi connectivity index (χ0n) is 10.4. The molecule has 0 spiro atoms. The fraction of sp³-hybridized carbons (Fsp3) is 0.571. The quantitative estimate of drug-likeness (QED) is 0.798. The summed E-state index contributed by atoms with van der Waals surface area (Å²) in [6.45, 7) is 3.65. The van der Waals surface area contributed by atoms with Crippen LogP contribution in [0.2, 0.25) is 0 Å². The Morgan fingerprint density at radius 1 is 1.47 bits per heavy atom. The van der Waals surface area contributed by atoms with Crippen LogP contribution in [0.1, 0.15) is 24.5 Å². The number of ether oxygens (including phenoxy) is 1. The van der Waals surface area contributed by atoms with Gasteiger partial charge in [0.25, 0.3) is 0 Å². The number of hydrogen-bond donors (Lipinski definition) is 1. The second kappa shape index (κ2) is 3.72. The van der Waals surface area contributed by atoms with Crippen LogP contribution in [0.5, 0.6) is 5.75 Å². The third-order valence-corrected chi connectivity index (χ3v) is 4.12. The van der Waals surface area contributed by atoms with Crippen molar-refractivity contribution in [3.8, 4) is 5.75 Å². The van der Waals surface area contributed by atoms with Crippen molar-refractivity contribution in [2.24, 2.45) is 0 Å². The summed E-state index contributed by atoms with van der Waals surface area (Å²) in [5.74, 6) is 0.983. The largest absolute Gasteiger partial charge is 0.493 e. The van der Waals surface area contributed by atoms with E-state index in [1.165, 1.54) is 5.56 Å². The van der Waals surface area contributed by atoms with E-state index in [0.717, 1.165) is 30.8 Å². The minimum absolute atomic E-state index is 0.435. The van der Waals surface area contributed by atoms with Crippen LogP contribution >= 0.6 is 0 Å². The highest BCUT2D eigenvalue weighted by Crippen LogP contribution is 2.37. The molecule has 0 amide bonds. The molecule has 2 aliphatic rings. The maximum Gasteiger partial charge on any atom is 0.122 e. The molecule has 0 aliphatic carbocycles. The van der Waals surface area contributed by atoms with E-state index in [1.54, 1.807) is 0 Å². The molecule has 0 saturated carbocycles. The van der Waals surface area contributed by atoms with E-state index in [1.807, 2.05) is 12.1 Å². The predicted molar refractivity (Wildman–Crippen MR) is 66.2 cm³/mol. The van der Waals surface area contributed by atoms with Gasteiger partial charge in [-0.25, -0.2) is 0 Å². The lowest BCUT2D eigenvalue weighted by Gasteiger charge is -2.23. The molecular formula is C14H19NO2. The highest BCUT2D eigenvalue weighted by molar-refractivity contribution is 5.42. The van der Waals surface area contributed by atoms with Gasteiger partial charge in [-0.1, -0.05) is 6.07 Å². The molecule has 17 heavy (non-hydrogen) atoms. The molecule has 2 aliphatic heterocycles. The molecule has 1 aromatic rings. The summed E-state index contributed by atoms with van der Waals surface area (Å²) >= 11 is 0. The first-order valence-corrected chi connectivity index (χ1v) is 6.27. The summed E-state index contributed by atoms with van der Waals surface area (Å²) in [6.07, 6.45) is 1.77. The van der Waals surface area contributed by atoms with Gasteiger partial charge in [-0.2, -0.15) is 0 Å². The van der Waals surface area contributed by atoms with E-state index in [2.05, 4.69) is 24.9 Å². The molecule has 1 fully saturated rings. The number of β-amino-alcohol motifs (C(OH)–C–C–N with tert-alkyl or cyclic N) is 1. The van der Waals surface area contributed by atoms with Gasteiger partial charge < -0.3 is 14.7 Å². The normalized spacial score (nSPS) is 32.5. The zero-order chi connectivity index (χ0) is 12.0. The molecule has 3 heteroatoms. The number of benzene rings is 1. The number of likely N-dealkylation sites (tertiary alicyclic amines) is 1. The van der Waals surface area contributed by atoms with Crippen LogP contribution in [0.15, 0.2) is 18.2 Å². The van der Waals surface area contributed by atoms with E-state index in [-0.39, 0.29) is 0 Å². The molecule has 1 saturated heterocycles. The van der Waals surface area contributed by atoms with Crippen LogP contribution in [-0.4, -0.2) is 36.2 Å². The first kappa shape index (κ1) is 11.1. The van der Waals surface area contributed by atoms with Gasteiger partial charge in [-0.05, 0) is 43.7 Å². The number of nitrogens with zero attached hydrogens (tertiary/aromatic N) is 1. The molecule has 2 heterocycles. The fourth-order valence-electron chi connectivity index (χ4n) is 2.96. The lowest BCUT2D eigenvalue weighted by Crippen LogP contribution is -2.29. The Hall–Kier alpha value is -1.06. The molecule has 2 unspecified atom stereocenters. The van der Waals surface area contributed by atoms with Gasteiger partial charge in [-0.15, -0.1) is 0 Å². The highest BCUT2D eigenvalue weighted by Gasteiger charge is 2.40. The number of fused-ring (bicyclic) bond motifs is 1. The van der Waals surface area contributed by atoms with Crippen LogP contribution in [0.3, 0.4) is 0 Å². The summed E-state index contributed by atoms with van der Waals surface area (Å²) in [4.78, 5) is 2.21. The Labute approximate surface area is 102 Å². The van der Waals surface area contributed by atoms with E-state index in [0.29, 0.717) is 12.6 Å². The van der Waals surface area contributed by atoms with E-state index in [4.69, 9.17) is 4.74 Å². The highest BCUT2D eigenvalue weighted by atomic mass is 16.5. The molecule has 1 N–H and O–H groups in total. The minimum Gasteiger partial charge on any atom is -0.493 e. The average Bonchev–Trinajstić information content (AvgIpc) is 2.84. The van der Waals surface area contributed by atoms with Crippen molar-refractivity contribution >= 4 is 0 Å². The smallest absolute Gasteiger partial charge is 0.122 e. The summed E-state index contributed by atoms with van der Waals surface area (Å²) < 4.78 is 5.50. The Balaban J connectivity index is 1.94. The predicted octanol–water partition coefficient (Wildman–Crippen LogP) is 1.53. The van der Waals surface area contributed by atoms with Crippen LogP contribution < -0.4 is 4.74 Å². The minimum atomic E-state index is -0.689. The molecule has 0 bridgehead atoms. The van der Waals surface area contributed by atoms with E-state index < -0.39 is 5.60 Å². The van der Waals surface area contributed by atoms with E-state index in [9.17, 15) is 5.11 Å². The van der Waals surface area contributed by atoms with Crippen LogP contribution in [-0.2, 0) is 12.0 Å². The standard InChI is InChI=1S/C14H19NO2/c1-10-8-14(16,9-15(10)2)12-3-4-13-11(7-12)5-6-17-13/h3-4,7,10,16H,5-6,8-9H2,1-2H3. The third-order valence-electron chi connectivity index (χ3n) is 4.12. The molecule has 1 aromatic carbocycles. The molecule has 3 rings (SSSR count). The number of hydrogen-bond acceptors (Lipinski definition) is 3. The molecule has 2 atom stereocenters.